The molecule has 5 aliphatic rings. The van der Waals surface area contributed by atoms with Crippen molar-refractivity contribution in [3.05, 3.63) is 118 Å². The molecule has 8 rings (SSSR count). The quantitative estimate of drug-likeness (QED) is 0.0662. The molecule has 11 atom stereocenters. The van der Waals surface area contributed by atoms with E-state index in [1.165, 1.54) is 11.1 Å². The first kappa shape index (κ1) is 43.9. The van der Waals surface area contributed by atoms with Gasteiger partial charge in [0.05, 0.1) is 18.3 Å². The number of hydrogen-bond acceptors (Lipinski definition) is 10. The van der Waals surface area contributed by atoms with Crippen LogP contribution in [-0.2, 0) is 19.3 Å². The molecule has 326 valence electrons. The van der Waals surface area contributed by atoms with Gasteiger partial charge in [-0.15, -0.1) is 0 Å². The summed E-state index contributed by atoms with van der Waals surface area (Å²) in [5.74, 6) is 8.68. The lowest BCUT2D eigenvalue weighted by Gasteiger charge is -2.34. The lowest BCUT2D eigenvalue weighted by Crippen LogP contribution is -2.42. The lowest BCUT2D eigenvalue weighted by atomic mass is 9.76. The molecule has 1 aromatic heterocycles. The normalized spacial score (nSPS) is 31.4. The highest BCUT2D eigenvalue weighted by Gasteiger charge is 2.41. The van der Waals surface area contributed by atoms with E-state index in [1.807, 2.05) is 18.3 Å². The molecular formula is C50H63N3O6S2. The number of hydrogen-bond donors (Lipinski definition) is 8. The van der Waals surface area contributed by atoms with Gasteiger partial charge in [0.2, 0.25) is 0 Å². The van der Waals surface area contributed by atoms with Gasteiger partial charge in [-0.3, -0.25) is 0 Å². The summed E-state index contributed by atoms with van der Waals surface area (Å²) in [6.45, 7) is 2.69. The number of aromatic hydroxyl groups is 1. The lowest BCUT2D eigenvalue weighted by molar-refractivity contribution is -0.0214. The van der Waals surface area contributed by atoms with Crippen molar-refractivity contribution in [2.75, 3.05) is 24.7 Å². The molecule has 3 heterocycles. The van der Waals surface area contributed by atoms with E-state index in [1.54, 1.807) is 27.7 Å². The van der Waals surface area contributed by atoms with Crippen LogP contribution < -0.4 is 15.8 Å². The molecule has 3 aromatic rings. The van der Waals surface area contributed by atoms with Gasteiger partial charge in [0.1, 0.15) is 11.9 Å². The second-order valence-electron chi connectivity index (χ2n) is 18.0. The standard InChI is InChI=1S/C50H63N3O6S2/c1-30(20-31-8-3-2-4-9-31)32-10-5-6-12-43(55)48-35(16-13-32)21-33-14-15-34-23-44(56)46(26-41(34)40(33)25-45(48)57)59-47-24-36(22-38-11-7-18-52-38)39-17-19-53-50(51)42(39)29-61-60-28-37(27-54)49(47)58/h2-4,7-9,11,17-18,21,23,26,30,32,35-37,40,43,45,47-49,52-58H,5-6,10,12,14-15,19-20,22,24-25,27-29,51H2,1H3. The van der Waals surface area contributed by atoms with E-state index < -0.39 is 36.3 Å². The maximum Gasteiger partial charge on any atom is 0.161 e. The van der Waals surface area contributed by atoms with Gasteiger partial charge >= 0.3 is 0 Å². The number of allylic oxidation sites excluding steroid dienone is 3. The van der Waals surface area contributed by atoms with Gasteiger partial charge in [-0.2, -0.15) is 0 Å². The highest BCUT2D eigenvalue weighted by Crippen LogP contribution is 2.48. The molecule has 0 bridgehead atoms. The number of fused-ring (bicyclic) bond motifs is 5. The average molecular weight is 866 g/mol. The number of H-pyrrole nitrogens is 1. The van der Waals surface area contributed by atoms with E-state index in [0.29, 0.717) is 55.5 Å². The molecule has 9 N–H and O–H groups in total. The van der Waals surface area contributed by atoms with Gasteiger partial charge in [0, 0.05) is 71.7 Å². The molecule has 11 unspecified atom stereocenters. The average Bonchev–Trinajstić information content (AvgIpc) is 3.71. The van der Waals surface area contributed by atoms with Gasteiger partial charge in [-0.05, 0) is 110 Å². The summed E-state index contributed by atoms with van der Waals surface area (Å²) in [7, 11) is 3.27. The number of aromatic amines is 1. The molecule has 1 fully saturated rings. The molecule has 1 saturated heterocycles. The van der Waals surface area contributed by atoms with Crippen LogP contribution in [0.15, 0.2) is 95.5 Å². The van der Waals surface area contributed by atoms with Gasteiger partial charge < -0.3 is 46.3 Å². The van der Waals surface area contributed by atoms with E-state index >= 15 is 0 Å². The van der Waals surface area contributed by atoms with E-state index in [4.69, 9.17) is 10.5 Å². The van der Waals surface area contributed by atoms with Gasteiger partial charge in [-0.25, -0.2) is 0 Å². The summed E-state index contributed by atoms with van der Waals surface area (Å²) in [6.07, 6.45) is 10.6. The van der Waals surface area contributed by atoms with Crippen molar-refractivity contribution in [3.63, 3.8) is 0 Å². The Kier molecular flexibility index (Phi) is 14.5. The Hall–Kier alpha value is -3.76. The van der Waals surface area contributed by atoms with Crippen LogP contribution in [0.25, 0.3) is 0 Å². The van der Waals surface area contributed by atoms with Gasteiger partial charge in [-0.1, -0.05) is 101 Å². The maximum atomic E-state index is 12.1. The van der Waals surface area contributed by atoms with E-state index in [9.17, 15) is 25.5 Å². The number of phenolic OH excluding ortho intramolecular Hbond substituents is 1. The number of aromatic nitrogens is 1. The first-order valence-corrected chi connectivity index (χ1v) is 24.9. The summed E-state index contributed by atoms with van der Waals surface area (Å²) in [5, 5.41) is 61.4. The fourth-order valence-corrected chi connectivity index (χ4v) is 13.1. The summed E-state index contributed by atoms with van der Waals surface area (Å²) in [4.78, 5) is 3.36. The number of aliphatic hydroxyl groups is 4. The summed E-state index contributed by atoms with van der Waals surface area (Å²) in [5.41, 5.74) is 14.3. The number of aryl methyl sites for hydroxylation is 1. The zero-order valence-corrected chi connectivity index (χ0v) is 36.8. The number of dihydropyridines is 1. The third-order valence-electron chi connectivity index (χ3n) is 14.0. The Bertz CT molecular complexity index is 2110. The van der Waals surface area contributed by atoms with Crippen LogP contribution in [-0.4, -0.2) is 79.6 Å². The number of benzene rings is 2. The molecule has 61 heavy (non-hydrogen) atoms. The molecule has 9 nitrogen and oxygen atoms in total. The van der Waals surface area contributed by atoms with Crippen LogP contribution in [0.5, 0.6) is 11.5 Å². The summed E-state index contributed by atoms with van der Waals surface area (Å²) < 4.78 is 6.84. The summed E-state index contributed by atoms with van der Waals surface area (Å²) in [6, 6.07) is 18.4. The van der Waals surface area contributed by atoms with Gasteiger partial charge in [0.15, 0.2) is 11.5 Å². The monoisotopic (exact) mass is 865 g/mol. The third-order valence-corrected chi connectivity index (χ3v) is 16.4. The Morgan fingerprint density at radius 2 is 1.80 bits per heavy atom. The van der Waals surface area contributed by atoms with Crippen molar-refractivity contribution < 1.29 is 30.3 Å². The van der Waals surface area contributed by atoms with E-state index in [-0.39, 0.29) is 41.8 Å². The van der Waals surface area contributed by atoms with Crippen LogP contribution in [0, 0.1) is 47.3 Å². The SMILES string of the molecule is CC(Cc1ccccc1)C1C#CC2C=C3CCc4cc(O)c(OC5CC(Cc6ccc[nH]6)C6=CCNC(N)=C6CSSCC(CO)C5O)cc4C3CC(O)C2C(O)CCCC1. The van der Waals surface area contributed by atoms with Crippen LogP contribution in [0.1, 0.15) is 80.2 Å². The Morgan fingerprint density at radius 1 is 0.967 bits per heavy atom. The van der Waals surface area contributed by atoms with Crippen LogP contribution in [0.3, 0.4) is 0 Å². The predicted octanol–water partition coefficient (Wildman–Crippen LogP) is 7.17. The predicted molar refractivity (Wildman–Crippen MR) is 246 cm³/mol. The second kappa shape index (κ2) is 20.2. The minimum absolute atomic E-state index is 0.00488. The molecule has 0 spiro atoms. The first-order valence-electron chi connectivity index (χ1n) is 22.4. The Labute approximate surface area is 369 Å². The second-order valence-corrected chi connectivity index (χ2v) is 20.5. The van der Waals surface area contributed by atoms with Gasteiger partial charge in [0.25, 0.3) is 0 Å². The van der Waals surface area contributed by atoms with Crippen molar-refractivity contribution in [3.8, 4) is 23.3 Å². The van der Waals surface area contributed by atoms with Crippen molar-refractivity contribution in [2.24, 2.45) is 41.2 Å². The number of nitrogens with one attached hydrogen (secondary N) is 2. The minimum Gasteiger partial charge on any atom is -0.504 e. The number of nitrogens with two attached hydrogens (primary N) is 1. The maximum absolute atomic E-state index is 12.1. The molecular weight excluding hydrogens is 803 g/mol. The summed E-state index contributed by atoms with van der Waals surface area (Å²) >= 11 is 0. The molecule has 2 aliphatic heterocycles. The van der Waals surface area contributed by atoms with Crippen LogP contribution in [0.4, 0.5) is 0 Å². The molecule has 2 aromatic carbocycles. The topological polar surface area (TPSA) is 164 Å². The van der Waals surface area contributed by atoms with E-state index in [2.05, 4.69) is 77.6 Å². The highest BCUT2D eigenvalue weighted by atomic mass is 33.1. The molecule has 0 saturated carbocycles. The first-order chi connectivity index (χ1) is 29.7. The Morgan fingerprint density at radius 3 is 2.61 bits per heavy atom. The van der Waals surface area contributed by atoms with Crippen LogP contribution in [0.2, 0.25) is 0 Å². The molecule has 11 heteroatoms. The van der Waals surface area contributed by atoms with Crippen molar-refractivity contribution >= 4 is 21.6 Å². The van der Waals surface area contributed by atoms with E-state index in [0.717, 1.165) is 66.5 Å². The molecule has 3 aliphatic carbocycles. The third kappa shape index (κ3) is 10.2. The fraction of sp³-hybridized carbons (Fsp3) is 0.520. The highest BCUT2D eigenvalue weighted by molar-refractivity contribution is 8.76. The smallest absolute Gasteiger partial charge is 0.161 e. The van der Waals surface area contributed by atoms with Crippen molar-refractivity contribution in [1.29, 1.82) is 0 Å². The van der Waals surface area contributed by atoms with Crippen molar-refractivity contribution in [2.45, 2.75) is 101 Å². The molecule has 0 amide bonds. The number of phenols is 1. The number of ether oxygens (including phenoxy) is 1. The van der Waals surface area contributed by atoms with Crippen LogP contribution >= 0.6 is 21.6 Å². The largest absolute Gasteiger partial charge is 0.504 e. The Balaban J connectivity index is 1.11. The molecule has 0 radical (unpaired) electrons. The number of aliphatic hydroxyl groups excluding tert-OH is 4. The minimum atomic E-state index is -1.02. The zero-order valence-electron chi connectivity index (χ0n) is 35.2. The fourth-order valence-electron chi connectivity index (χ4n) is 10.6. The van der Waals surface area contributed by atoms with Crippen molar-refractivity contribution in [1.82, 2.24) is 10.3 Å². The number of rotatable bonds is 8. The zero-order chi connectivity index (χ0) is 42.5.